The third-order valence-electron chi connectivity index (χ3n) is 4.67. The Balaban J connectivity index is 2.51. The Hall–Kier alpha value is -2.67. The maximum Gasteiger partial charge on any atom is 0.339 e. The van der Waals surface area contributed by atoms with E-state index < -0.39 is 23.4 Å². The second kappa shape index (κ2) is 9.86. The van der Waals surface area contributed by atoms with Gasteiger partial charge in [0, 0.05) is 11.0 Å². The molecule has 0 heterocycles. The minimum Gasteiger partial charge on any atom is -0.465 e. The van der Waals surface area contributed by atoms with Gasteiger partial charge in [-0.05, 0) is 61.6 Å². The third kappa shape index (κ3) is 6.42. The lowest BCUT2D eigenvalue weighted by atomic mass is 9.85. The maximum atomic E-state index is 13.2. The summed E-state index contributed by atoms with van der Waals surface area (Å²) in [5, 5.41) is 3.29. The first-order valence-corrected chi connectivity index (χ1v) is 11.4. The van der Waals surface area contributed by atoms with Gasteiger partial charge >= 0.3 is 11.9 Å². The summed E-state index contributed by atoms with van der Waals surface area (Å²) in [5.74, 6) is -1.56. The molecule has 1 N–H and O–H groups in total. The van der Waals surface area contributed by atoms with Gasteiger partial charge in [0.1, 0.15) is 5.60 Å². The van der Waals surface area contributed by atoms with Crippen molar-refractivity contribution in [2.45, 2.75) is 57.9 Å². The number of carbonyl (C=O) groups is 3. The summed E-state index contributed by atoms with van der Waals surface area (Å²) in [6.07, 6.45) is 0. The number of ether oxygens (including phenoxy) is 2. The molecule has 6 nitrogen and oxygen atoms in total. The molecule has 0 aliphatic heterocycles. The molecule has 0 radical (unpaired) electrons. The molecule has 0 aliphatic rings. The van der Waals surface area contributed by atoms with Crippen molar-refractivity contribution in [2.75, 3.05) is 12.4 Å². The standard InChI is InChI=1S/C25H30BrNO5/c1-24(2,3)17-10-11-18(19(13-17)23(30)32-25(4,5)6)21(28)27-20-12-15(22(29)31-7)8-9-16(20)14-26/h8-13H,14H2,1-7H3,(H,27,28). The zero-order valence-electron chi connectivity index (χ0n) is 19.6. The van der Waals surface area contributed by atoms with Crippen LogP contribution in [0.25, 0.3) is 0 Å². The van der Waals surface area contributed by atoms with Gasteiger partial charge in [-0.25, -0.2) is 9.59 Å². The predicted octanol–water partition coefficient (Wildman–Crippen LogP) is 5.87. The number of rotatable bonds is 5. The number of hydrogen-bond donors (Lipinski definition) is 1. The van der Waals surface area contributed by atoms with Gasteiger partial charge in [-0.15, -0.1) is 0 Å². The smallest absolute Gasteiger partial charge is 0.339 e. The van der Waals surface area contributed by atoms with Crippen LogP contribution in [0.4, 0.5) is 5.69 Å². The molecule has 0 bridgehead atoms. The number of amides is 1. The molecule has 0 atom stereocenters. The van der Waals surface area contributed by atoms with Gasteiger partial charge in [0.15, 0.2) is 0 Å². The van der Waals surface area contributed by atoms with Crippen LogP contribution in [-0.2, 0) is 20.2 Å². The van der Waals surface area contributed by atoms with Crippen LogP contribution in [0.3, 0.4) is 0 Å². The number of halogens is 1. The maximum absolute atomic E-state index is 13.2. The molecule has 0 aliphatic carbocycles. The molecule has 0 unspecified atom stereocenters. The van der Waals surface area contributed by atoms with Gasteiger partial charge in [0.25, 0.3) is 5.91 Å². The first kappa shape index (κ1) is 25.6. The van der Waals surface area contributed by atoms with Gasteiger partial charge in [0.05, 0.1) is 23.8 Å². The molecule has 32 heavy (non-hydrogen) atoms. The van der Waals surface area contributed by atoms with Gasteiger partial charge < -0.3 is 14.8 Å². The van der Waals surface area contributed by atoms with E-state index in [0.717, 1.165) is 11.1 Å². The van der Waals surface area contributed by atoms with Crippen molar-refractivity contribution >= 4 is 39.5 Å². The van der Waals surface area contributed by atoms with E-state index >= 15 is 0 Å². The van der Waals surface area contributed by atoms with E-state index in [1.165, 1.54) is 7.11 Å². The lowest BCUT2D eigenvalue weighted by Gasteiger charge is -2.23. The number of benzene rings is 2. The fraction of sp³-hybridized carbons (Fsp3) is 0.400. The van der Waals surface area contributed by atoms with Crippen molar-refractivity contribution in [2.24, 2.45) is 0 Å². The molecule has 0 fully saturated rings. The number of alkyl halides is 1. The van der Waals surface area contributed by atoms with Crippen molar-refractivity contribution in [3.05, 3.63) is 64.2 Å². The highest BCUT2D eigenvalue weighted by Gasteiger charge is 2.26. The molecule has 0 saturated heterocycles. The quantitative estimate of drug-likeness (QED) is 0.407. The van der Waals surface area contributed by atoms with E-state index in [9.17, 15) is 14.4 Å². The summed E-state index contributed by atoms with van der Waals surface area (Å²) in [7, 11) is 1.29. The van der Waals surface area contributed by atoms with Crippen LogP contribution in [0.1, 0.15) is 83.7 Å². The van der Waals surface area contributed by atoms with Crippen LogP contribution in [0.2, 0.25) is 0 Å². The molecule has 2 aromatic carbocycles. The number of hydrogen-bond acceptors (Lipinski definition) is 5. The molecule has 0 spiro atoms. The Morgan fingerprint density at radius 3 is 2.09 bits per heavy atom. The van der Waals surface area contributed by atoms with Crippen LogP contribution in [0.15, 0.2) is 36.4 Å². The number of nitrogens with one attached hydrogen (secondary N) is 1. The molecule has 1 amide bonds. The summed E-state index contributed by atoms with van der Waals surface area (Å²) in [4.78, 5) is 38.1. The van der Waals surface area contributed by atoms with Crippen LogP contribution >= 0.6 is 15.9 Å². The van der Waals surface area contributed by atoms with Gasteiger partial charge in [0.2, 0.25) is 0 Å². The highest BCUT2D eigenvalue weighted by atomic mass is 79.9. The normalized spacial score (nSPS) is 11.6. The average Bonchev–Trinajstić information content (AvgIpc) is 2.70. The number of esters is 2. The average molecular weight is 504 g/mol. The summed E-state index contributed by atoms with van der Waals surface area (Å²) in [5.41, 5.74) is 1.89. The Morgan fingerprint density at radius 2 is 1.56 bits per heavy atom. The lowest BCUT2D eigenvalue weighted by molar-refractivity contribution is 0.00675. The SMILES string of the molecule is COC(=O)c1ccc(CBr)c(NC(=O)c2ccc(C(C)(C)C)cc2C(=O)OC(C)(C)C)c1. The first-order chi connectivity index (χ1) is 14.8. The van der Waals surface area contributed by atoms with E-state index in [0.29, 0.717) is 16.6 Å². The number of methoxy groups -OCH3 is 1. The predicted molar refractivity (Wildman–Crippen MR) is 129 cm³/mol. The van der Waals surface area contributed by atoms with Crippen LogP contribution < -0.4 is 5.32 Å². The second-order valence-electron chi connectivity index (χ2n) is 9.46. The molecule has 0 saturated carbocycles. The highest BCUT2D eigenvalue weighted by Crippen LogP contribution is 2.28. The molecule has 0 aromatic heterocycles. The van der Waals surface area contributed by atoms with Crippen molar-refractivity contribution in [1.29, 1.82) is 0 Å². The molecular weight excluding hydrogens is 474 g/mol. The third-order valence-corrected chi connectivity index (χ3v) is 5.28. The molecule has 2 aromatic rings. The van der Waals surface area contributed by atoms with E-state index in [2.05, 4.69) is 21.2 Å². The van der Waals surface area contributed by atoms with Crippen molar-refractivity contribution < 1.29 is 23.9 Å². The zero-order chi connectivity index (χ0) is 24.3. The molecule has 7 heteroatoms. The Labute approximate surface area is 197 Å². The summed E-state index contributed by atoms with van der Waals surface area (Å²) >= 11 is 3.39. The highest BCUT2D eigenvalue weighted by molar-refractivity contribution is 9.08. The minimum absolute atomic E-state index is 0.189. The monoisotopic (exact) mass is 503 g/mol. The van der Waals surface area contributed by atoms with Crippen LogP contribution in [0, 0.1) is 0 Å². The fourth-order valence-corrected chi connectivity index (χ4v) is 3.44. The fourth-order valence-electron chi connectivity index (χ4n) is 2.95. The largest absolute Gasteiger partial charge is 0.465 e. The number of anilines is 1. The van der Waals surface area contributed by atoms with Crippen molar-refractivity contribution in [3.8, 4) is 0 Å². The van der Waals surface area contributed by atoms with Crippen molar-refractivity contribution in [1.82, 2.24) is 0 Å². The minimum atomic E-state index is -0.708. The van der Waals surface area contributed by atoms with Gasteiger partial charge in [-0.3, -0.25) is 4.79 Å². The molecular formula is C25H30BrNO5. The van der Waals surface area contributed by atoms with Crippen LogP contribution in [-0.4, -0.2) is 30.6 Å². The van der Waals surface area contributed by atoms with E-state index in [1.54, 1.807) is 51.1 Å². The van der Waals surface area contributed by atoms with E-state index in [-0.39, 0.29) is 16.5 Å². The van der Waals surface area contributed by atoms with Gasteiger partial charge in [-0.2, -0.15) is 0 Å². The zero-order valence-corrected chi connectivity index (χ0v) is 21.2. The number of carbonyl (C=O) groups excluding carboxylic acids is 3. The Morgan fingerprint density at radius 1 is 0.906 bits per heavy atom. The van der Waals surface area contributed by atoms with E-state index in [4.69, 9.17) is 9.47 Å². The van der Waals surface area contributed by atoms with Crippen molar-refractivity contribution in [3.63, 3.8) is 0 Å². The summed E-state index contributed by atoms with van der Waals surface area (Å²) < 4.78 is 10.3. The van der Waals surface area contributed by atoms with E-state index in [1.807, 2.05) is 26.8 Å². The second-order valence-corrected chi connectivity index (χ2v) is 10.0. The topological polar surface area (TPSA) is 81.7 Å². The van der Waals surface area contributed by atoms with Crippen LogP contribution in [0.5, 0.6) is 0 Å². The Bertz CT molecular complexity index is 1030. The summed E-state index contributed by atoms with van der Waals surface area (Å²) in [6, 6.07) is 10.1. The van der Waals surface area contributed by atoms with Gasteiger partial charge in [-0.1, -0.05) is 48.8 Å². The Kier molecular flexibility index (Phi) is 7.88. The lowest BCUT2D eigenvalue weighted by Crippen LogP contribution is -2.27. The summed E-state index contributed by atoms with van der Waals surface area (Å²) in [6.45, 7) is 11.4. The first-order valence-electron chi connectivity index (χ1n) is 10.2. The molecule has 172 valence electrons. The molecule has 2 rings (SSSR count).